The van der Waals surface area contributed by atoms with Crippen LogP contribution in [0.4, 0.5) is 0 Å². The fourth-order valence-corrected chi connectivity index (χ4v) is 2.75. The Bertz CT molecular complexity index is 624. The molecule has 82 valence electrons. The maximum atomic E-state index is 11.2. The zero-order valence-electron chi connectivity index (χ0n) is 8.32. The predicted molar refractivity (Wildman–Crippen MR) is 67.9 cm³/mol. The largest absolute Gasteiger partial charge is 0.478 e. The Hall–Kier alpha value is -1.46. The highest BCUT2D eigenvalue weighted by Crippen LogP contribution is 2.26. The number of carboxylic acid groups (broad SMARTS) is 1. The van der Waals surface area contributed by atoms with Crippen molar-refractivity contribution in [2.24, 2.45) is 0 Å². The highest BCUT2D eigenvalue weighted by molar-refractivity contribution is 7.73. The SMILES string of the molecule is C=CCc1ccc2sc(=S)[nH]c2c1C(=O)O. The van der Waals surface area contributed by atoms with Crippen LogP contribution in [0.5, 0.6) is 0 Å². The molecule has 2 rings (SSSR count). The number of aromatic carboxylic acids is 1. The molecular weight excluding hydrogens is 242 g/mol. The number of carboxylic acids is 1. The summed E-state index contributed by atoms with van der Waals surface area (Å²) in [4.78, 5) is 14.2. The molecule has 0 unspecified atom stereocenters. The Balaban J connectivity index is 2.82. The third kappa shape index (κ3) is 1.79. The number of benzene rings is 1. The molecule has 0 spiro atoms. The van der Waals surface area contributed by atoms with Crippen molar-refractivity contribution in [2.45, 2.75) is 6.42 Å². The van der Waals surface area contributed by atoms with Crippen LogP contribution in [0.2, 0.25) is 0 Å². The molecule has 0 fully saturated rings. The van der Waals surface area contributed by atoms with Crippen molar-refractivity contribution in [3.63, 3.8) is 0 Å². The second-order valence-electron chi connectivity index (χ2n) is 3.29. The molecule has 2 N–H and O–H groups in total. The number of H-pyrrole nitrogens is 1. The molecule has 1 aromatic carbocycles. The van der Waals surface area contributed by atoms with Gasteiger partial charge < -0.3 is 10.1 Å². The normalized spacial score (nSPS) is 10.5. The van der Waals surface area contributed by atoms with E-state index in [4.69, 9.17) is 12.2 Å². The topological polar surface area (TPSA) is 53.1 Å². The quantitative estimate of drug-likeness (QED) is 0.649. The van der Waals surface area contributed by atoms with E-state index in [2.05, 4.69) is 11.6 Å². The van der Waals surface area contributed by atoms with E-state index in [-0.39, 0.29) is 0 Å². The van der Waals surface area contributed by atoms with Gasteiger partial charge in [-0.05, 0) is 30.3 Å². The first-order chi connectivity index (χ1) is 7.63. The highest BCUT2D eigenvalue weighted by atomic mass is 32.1. The fourth-order valence-electron chi connectivity index (χ4n) is 1.63. The van der Waals surface area contributed by atoms with Crippen LogP contribution in [0, 0.1) is 3.95 Å². The number of nitrogens with one attached hydrogen (secondary N) is 1. The van der Waals surface area contributed by atoms with Crippen LogP contribution in [-0.2, 0) is 6.42 Å². The lowest BCUT2D eigenvalue weighted by Crippen LogP contribution is -2.03. The van der Waals surface area contributed by atoms with Crippen LogP contribution >= 0.6 is 23.6 Å². The van der Waals surface area contributed by atoms with Crippen LogP contribution in [0.15, 0.2) is 24.8 Å². The minimum absolute atomic E-state index is 0.296. The number of carbonyl (C=O) groups is 1. The van der Waals surface area contributed by atoms with Crippen LogP contribution < -0.4 is 0 Å². The minimum atomic E-state index is -0.938. The molecule has 5 heteroatoms. The number of allylic oxidation sites excluding steroid dienone is 1. The first-order valence-corrected chi connectivity index (χ1v) is 5.85. The van der Waals surface area contributed by atoms with Gasteiger partial charge in [-0.3, -0.25) is 0 Å². The summed E-state index contributed by atoms with van der Waals surface area (Å²) in [5.41, 5.74) is 1.66. The van der Waals surface area contributed by atoms with E-state index in [1.54, 1.807) is 6.08 Å². The Labute approximate surface area is 101 Å². The molecule has 0 aliphatic heterocycles. The molecule has 3 nitrogen and oxygen atoms in total. The Morgan fingerprint density at radius 2 is 2.38 bits per heavy atom. The van der Waals surface area contributed by atoms with Gasteiger partial charge in [0.2, 0.25) is 0 Å². The van der Waals surface area contributed by atoms with Gasteiger partial charge in [-0.25, -0.2) is 4.79 Å². The van der Waals surface area contributed by atoms with Crippen molar-refractivity contribution in [3.8, 4) is 0 Å². The number of aromatic nitrogens is 1. The van der Waals surface area contributed by atoms with E-state index in [0.29, 0.717) is 21.5 Å². The van der Waals surface area contributed by atoms with Crippen molar-refractivity contribution < 1.29 is 9.90 Å². The molecule has 0 bridgehead atoms. The second kappa shape index (κ2) is 4.19. The molecule has 0 saturated carbocycles. The number of rotatable bonds is 3. The molecule has 1 aromatic heterocycles. The first kappa shape index (κ1) is 11.0. The number of hydrogen-bond donors (Lipinski definition) is 2. The number of thiazole rings is 1. The average molecular weight is 251 g/mol. The van der Waals surface area contributed by atoms with E-state index in [9.17, 15) is 9.90 Å². The summed E-state index contributed by atoms with van der Waals surface area (Å²) in [6, 6.07) is 3.70. The van der Waals surface area contributed by atoms with Gasteiger partial charge >= 0.3 is 5.97 Å². The van der Waals surface area contributed by atoms with Crippen LogP contribution in [0.1, 0.15) is 15.9 Å². The Morgan fingerprint density at radius 3 is 3.00 bits per heavy atom. The summed E-state index contributed by atoms with van der Waals surface area (Å²) < 4.78 is 1.46. The van der Waals surface area contributed by atoms with Gasteiger partial charge in [0.1, 0.15) is 0 Å². The Kier molecular flexibility index (Phi) is 2.89. The van der Waals surface area contributed by atoms with Crippen molar-refractivity contribution >= 4 is 39.7 Å². The average Bonchev–Trinajstić information content (AvgIpc) is 2.57. The molecule has 0 radical (unpaired) electrons. The van der Waals surface area contributed by atoms with E-state index < -0.39 is 5.97 Å². The van der Waals surface area contributed by atoms with Gasteiger partial charge in [0.05, 0.1) is 15.8 Å². The van der Waals surface area contributed by atoms with Crippen molar-refractivity contribution in [1.82, 2.24) is 4.98 Å². The summed E-state index contributed by atoms with van der Waals surface area (Å²) in [6.45, 7) is 3.62. The Morgan fingerprint density at radius 1 is 1.62 bits per heavy atom. The summed E-state index contributed by atoms with van der Waals surface area (Å²) >= 11 is 6.40. The van der Waals surface area contributed by atoms with E-state index in [1.165, 1.54) is 11.3 Å². The summed E-state index contributed by atoms with van der Waals surface area (Å²) in [5, 5.41) is 9.22. The van der Waals surface area contributed by atoms with Gasteiger partial charge in [0, 0.05) is 0 Å². The smallest absolute Gasteiger partial charge is 0.338 e. The number of aromatic amines is 1. The third-order valence-corrected chi connectivity index (χ3v) is 3.46. The van der Waals surface area contributed by atoms with Crippen LogP contribution in [-0.4, -0.2) is 16.1 Å². The van der Waals surface area contributed by atoms with Gasteiger partial charge in [0.25, 0.3) is 0 Å². The van der Waals surface area contributed by atoms with E-state index >= 15 is 0 Å². The number of hydrogen-bond acceptors (Lipinski definition) is 3. The summed E-state index contributed by atoms with van der Waals surface area (Å²) in [7, 11) is 0. The van der Waals surface area contributed by atoms with E-state index in [1.807, 2.05) is 12.1 Å². The van der Waals surface area contributed by atoms with E-state index in [0.717, 1.165) is 10.3 Å². The third-order valence-electron chi connectivity index (χ3n) is 2.26. The lowest BCUT2D eigenvalue weighted by molar-refractivity contribution is 0.0698. The molecule has 0 amide bonds. The molecule has 0 atom stereocenters. The van der Waals surface area contributed by atoms with Crippen LogP contribution in [0.3, 0.4) is 0 Å². The zero-order valence-corrected chi connectivity index (χ0v) is 9.95. The predicted octanol–water partition coefficient (Wildman–Crippen LogP) is 3.39. The van der Waals surface area contributed by atoms with Crippen molar-refractivity contribution in [3.05, 3.63) is 39.9 Å². The van der Waals surface area contributed by atoms with Crippen LogP contribution in [0.25, 0.3) is 10.2 Å². The standard InChI is InChI=1S/C11H9NO2S2/c1-2-3-6-4-5-7-9(8(6)10(13)14)12-11(15)16-7/h2,4-5H,1,3H2,(H,12,15)(H,13,14). The van der Waals surface area contributed by atoms with Crippen molar-refractivity contribution in [2.75, 3.05) is 0 Å². The molecule has 2 aromatic rings. The number of fused-ring (bicyclic) bond motifs is 1. The minimum Gasteiger partial charge on any atom is -0.478 e. The van der Waals surface area contributed by atoms with Crippen molar-refractivity contribution in [1.29, 1.82) is 0 Å². The molecule has 0 saturated heterocycles. The molecule has 0 aliphatic rings. The maximum absolute atomic E-state index is 11.2. The zero-order chi connectivity index (χ0) is 11.7. The first-order valence-electron chi connectivity index (χ1n) is 4.62. The van der Waals surface area contributed by atoms with Gasteiger partial charge in [-0.15, -0.1) is 17.9 Å². The lowest BCUT2D eigenvalue weighted by Gasteiger charge is -2.04. The molecule has 16 heavy (non-hydrogen) atoms. The monoisotopic (exact) mass is 251 g/mol. The maximum Gasteiger partial charge on any atom is 0.338 e. The lowest BCUT2D eigenvalue weighted by atomic mass is 10.0. The summed E-state index contributed by atoms with van der Waals surface area (Å²) in [5.74, 6) is -0.938. The van der Waals surface area contributed by atoms with Gasteiger partial charge in [-0.2, -0.15) is 0 Å². The van der Waals surface area contributed by atoms with Gasteiger partial charge in [-0.1, -0.05) is 12.1 Å². The molecular formula is C11H9NO2S2. The molecule has 0 aliphatic carbocycles. The summed E-state index contributed by atoms with van der Waals surface area (Å²) in [6.07, 6.45) is 2.22. The fraction of sp³-hybridized carbons (Fsp3) is 0.0909. The van der Waals surface area contributed by atoms with Gasteiger partial charge in [0.15, 0.2) is 3.95 Å². The highest BCUT2D eigenvalue weighted by Gasteiger charge is 2.15. The molecule has 1 heterocycles. The second-order valence-corrected chi connectivity index (χ2v) is 5.00.